The Hall–Kier alpha value is -1.55. The molecular formula is C21H23NO5S3. The number of aliphatic hydroxyl groups is 1. The molecule has 1 N–H and O–H groups in total. The summed E-state index contributed by atoms with van der Waals surface area (Å²) < 4.78 is 17.9. The number of rotatable bonds is 7. The third kappa shape index (κ3) is 4.39. The van der Waals surface area contributed by atoms with Gasteiger partial charge in [-0.1, -0.05) is 48.2 Å². The van der Waals surface area contributed by atoms with E-state index in [0.29, 0.717) is 11.5 Å². The molecule has 0 aliphatic carbocycles. The van der Waals surface area contributed by atoms with E-state index in [4.69, 9.17) is 4.74 Å². The highest BCUT2D eigenvalue weighted by molar-refractivity contribution is 8.23. The average molecular weight is 466 g/mol. The van der Waals surface area contributed by atoms with Crippen molar-refractivity contribution in [2.45, 2.75) is 30.1 Å². The van der Waals surface area contributed by atoms with Gasteiger partial charge in [-0.25, -0.2) is 4.79 Å². The van der Waals surface area contributed by atoms with Crippen molar-refractivity contribution in [2.24, 2.45) is 5.92 Å². The minimum Gasteiger partial charge on any atom is -0.457 e. The topological polar surface area (TPSA) is 83.9 Å². The van der Waals surface area contributed by atoms with Crippen molar-refractivity contribution in [3.63, 3.8) is 0 Å². The Kier molecular flexibility index (Phi) is 6.72. The van der Waals surface area contributed by atoms with Crippen molar-refractivity contribution < 1.29 is 23.6 Å². The Morgan fingerprint density at radius 1 is 1.43 bits per heavy atom. The van der Waals surface area contributed by atoms with Gasteiger partial charge in [0, 0.05) is 27.6 Å². The molecule has 0 saturated carbocycles. The van der Waals surface area contributed by atoms with Crippen molar-refractivity contribution in [2.75, 3.05) is 18.1 Å². The first-order valence-electron chi connectivity index (χ1n) is 9.78. The Balaban J connectivity index is 1.46. The lowest BCUT2D eigenvalue weighted by atomic mass is 9.92. The monoisotopic (exact) mass is 465 g/mol. The first-order chi connectivity index (χ1) is 14.5. The van der Waals surface area contributed by atoms with E-state index in [1.807, 2.05) is 36.4 Å². The van der Waals surface area contributed by atoms with Gasteiger partial charge in [-0.3, -0.25) is 13.9 Å². The van der Waals surface area contributed by atoms with Crippen LogP contribution in [-0.2, 0) is 25.1 Å². The molecule has 30 heavy (non-hydrogen) atoms. The minimum atomic E-state index is -0.821. The number of hydrogen-bond donors (Lipinski definition) is 1. The number of nitrogens with zero attached hydrogens (tertiary/aromatic N) is 1. The first-order valence-corrected chi connectivity index (χ1v) is 13.0. The van der Waals surface area contributed by atoms with Crippen LogP contribution in [0.3, 0.4) is 0 Å². The molecule has 1 aromatic rings. The number of thioether (sulfide) groups is 2. The zero-order chi connectivity index (χ0) is 21.3. The molecule has 3 aliphatic heterocycles. The Morgan fingerprint density at radius 2 is 2.20 bits per heavy atom. The van der Waals surface area contributed by atoms with Gasteiger partial charge in [-0.05, 0) is 25.0 Å². The second kappa shape index (κ2) is 9.30. The lowest BCUT2D eigenvalue weighted by molar-refractivity contribution is -0.157. The summed E-state index contributed by atoms with van der Waals surface area (Å²) in [6.45, 7) is 1.69. The normalized spacial score (nSPS) is 29.3. The Bertz CT molecular complexity index is 914. The van der Waals surface area contributed by atoms with Crippen LogP contribution < -0.4 is 0 Å². The molecule has 0 spiro atoms. The van der Waals surface area contributed by atoms with E-state index in [0.717, 1.165) is 16.2 Å². The smallest absolute Gasteiger partial charge is 0.357 e. The fraction of sp³-hybridized carbons (Fsp3) is 0.429. The van der Waals surface area contributed by atoms with Crippen LogP contribution in [0.5, 0.6) is 0 Å². The molecule has 3 aliphatic rings. The summed E-state index contributed by atoms with van der Waals surface area (Å²) in [4.78, 5) is 26.9. The number of β-lactam (4-membered cyclic amide) rings is 1. The van der Waals surface area contributed by atoms with E-state index in [-0.39, 0.29) is 28.8 Å². The van der Waals surface area contributed by atoms with Crippen molar-refractivity contribution >= 4 is 52.3 Å². The zero-order valence-corrected chi connectivity index (χ0v) is 18.9. The first kappa shape index (κ1) is 21.7. The highest BCUT2D eigenvalue weighted by atomic mass is 32.2. The van der Waals surface area contributed by atoms with Gasteiger partial charge in [-0.15, -0.1) is 11.8 Å². The quantitative estimate of drug-likeness (QED) is 0.489. The summed E-state index contributed by atoms with van der Waals surface area (Å²) in [6.07, 6.45) is 3.68. The van der Waals surface area contributed by atoms with E-state index in [1.54, 1.807) is 13.0 Å². The Morgan fingerprint density at radius 3 is 2.87 bits per heavy atom. The van der Waals surface area contributed by atoms with Crippen molar-refractivity contribution in [1.82, 2.24) is 4.90 Å². The average Bonchev–Trinajstić information content (AvgIpc) is 3.26. The molecule has 0 bridgehead atoms. The lowest BCUT2D eigenvalue weighted by Crippen LogP contribution is -2.60. The fourth-order valence-electron chi connectivity index (χ4n) is 3.65. The molecule has 2 saturated heterocycles. The third-order valence-corrected chi connectivity index (χ3v) is 9.74. The number of ether oxygens (including phenoxy) is 1. The van der Waals surface area contributed by atoms with E-state index in [2.05, 4.69) is 0 Å². The maximum atomic E-state index is 12.9. The number of benzene rings is 1. The van der Waals surface area contributed by atoms with Crippen molar-refractivity contribution in [3.05, 3.63) is 51.9 Å². The van der Waals surface area contributed by atoms with Crippen LogP contribution in [0, 0.1) is 5.92 Å². The molecule has 9 heteroatoms. The third-order valence-electron chi connectivity index (χ3n) is 5.19. The van der Waals surface area contributed by atoms with E-state index in [1.165, 1.54) is 28.4 Å². The molecule has 5 atom stereocenters. The SMILES string of the molecule is C[C@@H](O)[C@H]1C(=O)N2C(C(=O)OC/C=C/c3ccccc3)=C(S[C@H]3CCS(=O)C3)S[C@H]12. The molecule has 1 amide bonds. The highest BCUT2D eigenvalue weighted by Gasteiger charge is 2.58. The van der Waals surface area contributed by atoms with Crippen LogP contribution in [0.4, 0.5) is 0 Å². The second-order valence-electron chi connectivity index (χ2n) is 7.37. The summed E-state index contributed by atoms with van der Waals surface area (Å²) in [7, 11) is -0.821. The highest BCUT2D eigenvalue weighted by Crippen LogP contribution is 2.55. The summed E-state index contributed by atoms with van der Waals surface area (Å²) in [5, 5.41) is 9.83. The van der Waals surface area contributed by atoms with Gasteiger partial charge in [0.15, 0.2) is 5.70 Å². The summed E-state index contributed by atoms with van der Waals surface area (Å²) in [5.41, 5.74) is 1.27. The molecule has 3 heterocycles. The molecular weight excluding hydrogens is 442 g/mol. The van der Waals surface area contributed by atoms with Gasteiger partial charge in [-0.2, -0.15) is 0 Å². The van der Waals surface area contributed by atoms with Gasteiger partial charge in [0.25, 0.3) is 0 Å². The molecule has 1 aromatic carbocycles. The van der Waals surface area contributed by atoms with Gasteiger partial charge in [0.1, 0.15) is 12.0 Å². The van der Waals surface area contributed by atoms with Crippen LogP contribution in [0.25, 0.3) is 6.08 Å². The van der Waals surface area contributed by atoms with Gasteiger partial charge >= 0.3 is 5.97 Å². The molecule has 4 rings (SSSR count). The molecule has 0 radical (unpaired) electrons. The van der Waals surface area contributed by atoms with Gasteiger partial charge < -0.3 is 9.84 Å². The Labute approximate surface area is 186 Å². The molecule has 1 unspecified atom stereocenters. The number of hydrogen-bond acceptors (Lipinski definition) is 7. The van der Waals surface area contributed by atoms with E-state index >= 15 is 0 Å². The molecule has 0 aromatic heterocycles. The van der Waals surface area contributed by atoms with Gasteiger partial charge in [0.2, 0.25) is 5.91 Å². The number of fused-ring (bicyclic) bond motifs is 1. The van der Waals surface area contributed by atoms with Crippen LogP contribution in [-0.4, -0.2) is 60.9 Å². The second-order valence-corrected chi connectivity index (χ2v) is 11.7. The standard InChI is InChI=1S/C21H23NO5S3/c1-13(23)16-18(24)22-17(20(25)27-10-5-8-14-6-3-2-4-7-14)21(29-19(16)22)28-15-9-11-30(26)12-15/h2-8,13,15-16,19,23H,9-12H2,1H3/b8-5+/t13-,15+,16+,19-,30?/m1/s1. The molecule has 2 fully saturated rings. The maximum absolute atomic E-state index is 12.9. The maximum Gasteiger partial charge on any atom is 0.357 e. The lowest BCUT2D eigenvalue weighted by Gasteiger charge is -2.43. The number of aliphatic hydroxyl groups excluding tert-OH is 1. The van der Waals surface area contributed by atoms with Crippen LogP contribution in [0.1, 0.15) is 18.9 Å². The van der Waals surface area contributed by atoms with Crippen molar-refractivity contribution in [3.8, 4) is 0 Å². The largest absolute Gasteiger partial charge is 0.457 e. The predicted octanol–water partition coefficient (Wildman–Crippen LogP) is 2.58. The number of carbonyl (C=O) groups excluding carboxylic acids is 2. The number of carbonyl (C=O) groups is 2. The molecule has 160 valence electrons. The summed E-state index contributed by atoms with van der Waals surface area (Å²) in [6, 6.07) is 9.70. The minimum absolute atomic E-state index is 0.0970. The van der Waals surface area contributed by atoms with Gasteiger partial charge in [0.05, 0.1) is 16.3 Å². The summed E-state index contributed by atoms with van der Waals surface area (Å²) >= 11 is 2.94. The predicted molar refractivity (Wildman–Crippen MR) is 121 cm³/mol. The van der Waals surface area contributed by atoms with Crippen LogP contribution in [0.2, 0.25) is 0 Å². The number of esters is 1. The zero-order valence-electron chi connectivity index (χ0n) is 16.4. The van der Waals surface area contributed by atoms with E-state index < -0.39 is 28.8 Å². The fourth-order valence-corrected chi connectivity index (χ4v) is 8.89. The van der Waals surface area contributed by atoms with Crippen molar-refractivity contribution in [1.29, 1.82) is 0 Å². The summed E-state index contributed by atoms with van der Waals surface area (Å²) in [5.74, 6) is -0.0506. The van der Waals surface area contributed by atoms with E-state index in [9.17, 15) is 18.9 Å². The van der Waals surface area contributed by atoms with Crippen LogP contribution >= 0.6 is 23.5 Å². The molecule has 6 nitrogen and oxygen atoms in total. The number of amides is 1. The van der Waals surface area contributed by atoms with Crippen LogP contribution in [0.15, 0.2) is 46.3 Å².